The van der Waals surface area contributed by atoms with Crippen LogP contribution in [0.25, 0.3) is 0 Å². The highest BCUT2D eigenvalue weighted by molar-refractivity contribution is 6.34. The van der Waals surface area contributed by atoms with Crippen molar-refractivity contribution in [3.63, 3.8) is 0 Å². The summed E-state index contributed by atoms with van der Waals surface area (Å²) < 4.78 is 13.0. The minimum absolute atomic E-state index is 0.00561. The van der Waals surface area contributed by atoms with E-state index < -0.39 is 17.8 Å². The van der Waals surface area contributed by atoms with Crippen LogP contribution < -0.4 is 10.6 Å². The number of anilines is 2. The lowest BCUT2D eigenvalue weighted by molar-refractivity contribution is 0.0698. The van der Waals surface area contributed by atoms with Gasteiger partial charge in [0.2, 0.25) is 0 Å². The van der Waals surface area contributed by atoms with E-state index in [9.17, 15) is 14.0 Å². The van der Waals surface area contributed by atoms with Gasteiger partial charge in [-0.1, -0.05) is 23.7 Å². The average molecular weight is 309 g/mol. The van der Waals surface area contributed by atoms with Crippen LogP contribution in [0.4, 0.5) is 20.6 Å². The number of nitrogens with one attached hydrogen (secondary N) is 2. The first-order valence-corrected chi connectivity index (χ1v) is 6.20. The van der Waals surface area contributed by atoms with Crippen molar-refractivity contribution in [1.82, 2.24) is 0 Å². The van der Waals surface area contributed by atoms with Crippen molar-refractivity contribution in [2.45, 2.75) is 0 Å². The largest absolute Gasteiger partial charge is 0.478 e. The van der Waals surface area contributed by atoms with Crippen LogP contribution in [0.3, 0.4) is 0 Å². The average Bonchev–Trinajstić information content (AvgIpc) is 2.37. The van der Waals surface area contributed by atoms with Gasteiger partial charge in [0.15, 0.2) is 0 Å². The van der Waals surface area contributed by atoms with E-state index in [0.29, 0.717) is 0 Å². The number of carbonyl (C=O) groups excluding carboxylic acids is 1. The number of hydrogen-bond donors (Lipinski definition) is 3. The summed E-state index contributed by atoms with van der Waals surface area (Å²) in [4.78, 5) is 22.9. The molecule has 0 aliphatic carbocycles. The fourth-order valence-electron chi connectivity index (χ4n) is 1.70. The van der Waals surface area contributed by atoms with Gasteiger partial charge in [-0.25, -0.2) is 14.0 Å². The molecule has 0 saturated heterocycles. The topological polar surface area (TPSA) is 78.4 Å². The first kappa shape index (κ1) is 14.8. The molecule has 3 N–H and O–H groups in total. The van der Waals surface area contributed by atoms with E-state index in [1.54, 1.807) is 0 Å². The number of carbonyl (C=O) groups is 2. The molecule has 5 nitrogen and oxygen atoms in total. The van der Waals surface area contributed by atoms with Crippen molar-refractivity contribution in [3.8, 4) is 0 Å². The Morgan fingerprint density at radius 3 is 2.48 bits per heavy atom. The highest BCUT2D eigenvalue weighted by atomic mass is 35.5. The Morgan fingerprint density at radius 1 is 1.10 bits per heavy atom. The third-order valence-electron chi connectivity index (χ3n) is 2.56. The third kappa shape index (κ3) is 3.70. The van der Waals surface area contributed by atoms with Gasteiger partial charge in [0, 0.05) is 5.69 Å². The van der Waals surface area contributed by atoms with Crippen molar-refractivity contribution in [2.75, 3.05) is 10.6 Å². The molecule has 0 aliphatic heterocycles. The maximum atomic E-state index is 13.0. The van der Waals surface area contributed by atoms with Gasteiger partial charge in [0.1, 0.15) is 11.4 Å². The number of hydrogen-bond acceptors (Lipinski definition) is 2. The number of carboxylic acids is 1. The molecular weight excluding hydrogens is 299 g/mol. The van der Waals surface area contributed by atoms with Crippen molar-refractivity contribution < 1.29 is 19.1 Å². The van der Waals surface area contributed by atoms with Crippen molar-refractivity contribution in [3.05, 3.63) is 58.9 Å². The van der Waals surface area contributed by atoms with Crippen molar-refractivity contribution in [1.29, 1.82) is 0 Å². The normalized spacial score (nSPS) is 10.0. The van der Waals surface area contributed by atoms with Gasteiger partial charge in [-0.15, -0.1) is 0 Å². The standard InChI is InChI=1S/C14H10ClFN2O3/c15-10-5-2-6-11(12(10)13(19)20)18-14(21)17-9-4-1-3-8(16)7-9/h1-7H,(H,19,20)(H2,17,18,21). The molecule has 0 heterocycles. The maximum absolute atomic E-state index is 13.0. The minimum atomic E-state index is -1.26. The van der Waals surface area contributed by atoms with Crippen LogP contribution >= 0.6 is 11.6 Å². The van der Waals surface area contributed by atoms with E-state index in [1.807, 2.05) is 0 Å². The second-order valence-electron chi connectivity index (χ2n) is 4.06. The van der Waals surface area contributed by atoms with Gasteiger partial charge < -0.3 is 15.7 Å². The van der Waals surface area contributed by atoms with Crippen LogP contribution in [0.2, 0.25) is 5.02 Å². The van der Waals surface area contributed by atoms with Gasteiger partial charge in [-0.2, -0.15) is 0 Å². The first-order valence-electron chi connectivity index (χ1n) is 5.83. The molecule has 0 bridgehead atoms. The molecule has 0 saturated carbocycles. The number of halogens is 2. The fourth-order valence-corrected chi connectivity index (χ4v) is 1.95. The zero-order chi connectivity index (χ0) is 15.4. The molecule has 0 spiro atoms. The summed E-state index contributed by atoms with van der Waals surface area (Å²) in [6.07, 6.45) is 0. The second-order valence-corrected chi connectivity index (χ2v) is 4.46. The van der Waals surface area contributed by atoms with E-state index >= 15 is 0 Å². The lowest BCUT2D eigenvalue weighted by atomic mass is 10.2. The lowest BCUT2D eigenvalue weighted by Crippen LogP contribution is -2.21. The number of carboxylic acid groups (broad SMARTS) is 1. The lowest BCUT2D eigenvalue weighted by Gasteiger charge is -2.10. The predicted octanol–water partition coefficient (Wildman–Crippen LogP) is 3.82. The zero-order valence-corrected chi connectivity index (χ0v) is 11.3. The molecular formula is C14H10ClFN2O3. The second kappa shape index (κ2) is 6.23. The van der Waals surface area contributed by atoms with E-state index in [4.69, 9.17) is 16.7 Å². The summed E-state index contributed by atoms with van der Waals surface area (Å²) in [5, 5.41) is 13.8. The summed E-state index contributed by atoms with van der Waals surface area (Å²) in [6, 6.07) is 8.92. The highest BCUT2D eigenvalue weighted by Crippen LogP contribution is 2.24. The van der Waals surface area contributed by atoms with Crippen molar-refractivity contribution >= 4 is 35.0 Å². The van der Waals surface area contributed by atoms with Gasteiger partial charge >= 0.3 is 12.0 Å². The van der Waals surface area contributed by atoms with E-state index in [0.717, 1.165) is 6.07 Å². The zero-order valence-electron chi connectivity index (χ0n) is 10.6. The van der Waals surface area contributed by atoms with Gasteiger partial charge in [0.05, 0.1) is 10.7 Å². The molecule has 2 amide bonds. The summed E-state index contributed by atoms with van der Waals surface area (Å²) in [6.45, 7) is 0. The number of amides is 2. The van der Waals surface area contributed by atoms with Crippen molar-refractivity contribution in [2.24, 2.45) is 0 Å². The third-order valence-corrected chi connectivity index (χ3v) is 2.87. The molecule has 21 heavy (non-hydrogen) atoms. The molecule has 0 fully saturated rings. The Bertz CT molecular complexity index is 706. The van der Waals surface area contributed by atoms with Gasteiger partial charge in [0.25, 0.3) is 0 Å². The number of aromatic carboxylic acids is 1. The molecule has 2 aromatic rings. The number of benzene rings is 2. The molecule has 0 aromatic heterocycles. The molecule has 108 valence electrons. The molecule has 2 aromatic carbocycles. The maximum Gasteiger partial charge on any atom is 0.339 e. The Balaban J connectivity index is 2.17. The van der Waals surface area contributed by atoms with E-state index in [1.165, 1.54) is 36.4 Å². The van der Waals surface area contributed by atoms with Gasteiger partial charge in [-0.3, -0.25) is 0 Å². The summed E-state index contributed by atoms with van der Waals surface area (Å²) in [5.41, 5.74) is 0.0730. The SMILES string of the molecule is O=C(Nc1cccc(F)c1)Nc1cccc(Cl)c1C(=O)O. The summed E-state index contributed by atoms with van der Waals surface area (Å²) in [7, 11) is 0. The Labute approximate surface area is 124 Å². The predicted molar refractivity (Wildman–Crippen MR) is 77.5 cm³/mol. The van der Waals surface area contributed by atoms with Crippen LogP contribution in [-0.4, -0.2) is 17.1 Å². The van der Waals surface area contributed by atoms with Crippen LogP contribution in [0.5, 0.6) is 0 Å². The summed E-state index contributed by atoms with van der Waals surface area (Å²) in [5.74, 6) is -1.76. The molecule has 2 rings (SSSR count). The highest BCUT2D eigenvalue weighted by Gasteiger charge is 2.16. The number of urea groups is 1. The van der Waals surface area contributed by atoms with Crippen LogP contribution in [-0.2, 0) is 0 Å². The smallest absolute Gasteiger partial charge is 0.339 e. The number of rotatable bonds is 3. The van der Waals surface area contributed by atoms with Crippen LogP contribution in [0.15, 0.2) is 42.5 Å². The Kier molecular flexibility index (Phi) is 4.39. The van der Waals surface area contributed by atoms with Crippen LogP contribution in [0, 0.1) is 5.82 Å². The first-order chi connectivity index (χ1) is 9.97. The Hall–Kier alpha value is -2.60. The molecule has 0 radical (unpaired) electrons. The van der Waals surface area contributed by atoms with E-state index in [2.05, 4.69) is 10.6 Å². The fraction of sp³-hybridized carbons (Fsp3) is 0. The molecule has 7 heteroatoms. The van der Waals surface area contributed by atoms with E-state index in [-0.39, 0.29) is 22.0 Å². The van der Waals surface area contributed by atoms with Gasteiger partial charge in [-0.05, 0) is 30.3 Å². The molecule has 0 unspecified atom stereocenters. The monoisotopic (exact) mass is 308 g/mol. The molecule has 0 aliphatic rings. The summed E-state index contributed by atoms with van der Waals surface area (Å²) >= 11 is 5.79. The molecule has 0 atom stereocenters. The van der Waals surface area contributed by atoms with Crippen LogP contribution in [0.1, 0.15) is 10.4 Å². The minimum Gasteiger partial charge on any atom is -0.478 e. The Morgan fingerprint density at radius 2 is 1.81 bits per heavy atom. The quantitative estimate of drug-likeness (QED) is 0.806.